The molecule has 0 unspecified atom stereocenters. The van der Waals surface area contributed by atoms with Gasteiger partial charge in [-0.1, -0.05) is 6.92 Å². The monoisotopic (exact) mass is 447 g/mol. The Balaban J connectivity index is 1.82. The Kier molecular flexibility index (Phi) is 6.74. The third kappa shape index (κ3) is 4.80. The van der Waals surface area contributed by atoms with Crippen molar-refractivity contribution in [3.63, 3.8) is 0 Å². The first kappa shape index (κ1) is 22.2. The van der Waals surface area contributed by atoms with Crippen molar-refractivity contribution in [3.05, 3.63) is 52.0 Å². The number of ether oxygens (including phenoxy) is 1. The molecule has 3 aromatic rings. The van der Waals surface area contributed by atoms with Gasteiger partial charge in [0.2, 0.25) is 10.0 Å². The zero-order chi connectivity index (χ0) is 21.9. The molecule has 0 saturated carbocycles. The Hall–Kier alpha value is -2.49. The van der Waals surface area contributed by atoms with Crippen molar-refractivity contribution in [2.45, 2.75) is 38.3 Å². The number of rotatable bonds is 8. The van der Waals surface area contributed by atoms with Crippen molar-refractivity contribution in [1.29, 1.82) is 0 Å². The summed E-state index contributed by atoms with van der Waals surface area (Å²) in [6.07, 6.45) is 4.00. The molecule has 0 spiro atoms. The van der Waals surface area contributed by atoms with Crippen LogP contribution in [0.5, 0.6) is 0 Å². The summed E-state index contributed by atoms with van der Waals surface area (Å²) in [5, 5.41) is 0. The maximum Gasteiger partial charge on any atom is 0.331 e. The molecule has 7 nitrogen and oxygen atoms in total. The van der Waals surface area contributed by atoms with Gasteiger partial charge in [0.05, 0.1) is 15.9 Å². The largest absolute Gasteiger partial charge is 0.454 e. The molecule has 3 rings (SSSR count). The molecule has 2 heterocycles. The number of benzene rings is 1. The first-order valence-electron chi connectivity index (χ1n) is 9.55. The van der Waals surface area contributed by atoms with Gasteiger partial charge in [-0.05, 0) is 49.8 Å². The molecule has 9 heteroatoms. The number of hydrogen-bond acceptors (Lipinski definition) is 6. The Morgan fingerprint density at radius 3 is 2.67 bits per heavy atom. The van der Waals surface area contributed by atoms with Crippen LogP contribution >= 0.6 is 11.3 Å². The summed E-state index contributed by atoms with van der Waals surface area (Å²) in [4.78, 5) is 19.0. The SMILES string of the molecule is CCCn1c(COC(=O)/C=C/c2ccc(C)s2)nc2cc(S(=O)(=O)N(C)C)ccc21. The lowest BCUT2D eigenvalue weighted by Crippen LogP contribution is -2.22. The van der Waals surface area contributed by atoms with Gasteiger partial charge in [-0.25, -0.2) is 22.5 Å². The molecule has 0 aliphatic heterocycles. The van der Waals surface area contributed by atoms with E-state index in [1.807, 2.05) is 30.5 Å². The number of aromatic nitrogens is 2. The second-order valence-corrected chi connectivity index (χ2v) is 10.5. The third-order valence-corrected chi connectivity index (χ3v) is 7.29. The molecular formula is C21H25N3O4S2. The average molecular weight is 448 g/mol. The predicted molar refractivity (Wildman–Crippen MR) is 119 cm³/mol. The van der Waals surface area contributed by atoms with Gasteiger partial charge in [0, 0.05) is 36.5 Å². The van der Waals surface area contributed by atoms with Gasteiger partial charge in [0.1, 0.15) is 12.4 Å². The molecule has 30 heavy (non-hydrogen) atoms. The lowest BCUT2D eigenvalue weighted by Gasteiger charge is -2.11. The maximum absolute atomic E-state index is 12.4. The summed E-state index contributed by atoms with van der Waals surface area (Å²) in [6, 6.07) is 8.82. The van der Waals surface area contributed by atoms with E-state index in [0.29, 0.717) is 17.9 Å². The summed E-state index contributed by atoms with van der Waals surface area (Å²) >= 11 is 1.60. The molecule has 0 N–H and O–H groups in total. The fourth-order valence-electron chi connectivity index (χ4n) is 2.99. The van der Waals surface area contributed by atoms with Gasteiger partial charge < -0.3 is 9.30 Å². The van der Waals surface area contributed by atoms with Crippen LogP contribution < -0.4 is 0 Å². The van der Waals surface area contributed by atoms with E-state index in [-0.39, 0.29) is 11.5 Å². The Labute approximate surface area is 180 Å². The van der Waals surface area contributed by atoms with Gasteiger partial charge in [-0.3, -0.25) is 0 Å². The average Bonchev–Trinajstić information content (AvgIpc) is 3.27. The minimum absolute atomic E-state index is 0.0110. The summed E-state index contributed by atoms with van der Waals surface area (Å²) in [5.41, 5.74) is 1.37. The highest BCUT2D eigenvalue weighted by atomic mass is 32.2. The molecule has 0 saturated heterocycles. The summed E-state index contributed by atoms with van der Waals surface area (Å²) < 4.78 is 33.3. The van der Waals surface area contributed by atoms with Crippen LogP contribution in [-0.4, -0.2) is 42.3 Å². The lowest BCUT2D eigenvalue weighted by atomic mass is 10.3. The van der Waals surface area contributed by atoms with Gasteiger partial charge in [-0.2, -0.15) is 0 Å². The van der Waals surface area contributed by atoms with Crippen LogP contribution in [-0.2, 0) is 32.7 Å². The summed E-state index contributed by atoms with van der Waals surface area (Å²) in [6.45, 7) is 4.75. The minimum Gasteiger partial charge on any atom is -0.454 e. The Bertz CT molecular complexity index is 1190. The number of carbonyl (C=O) groups excluding carboxylic acids is 1. The first-order chi connectivity index (χ1) is 14.2. The van der Waals surface area contributed by atoms with Crippen LogP contribution in [0.1, 0.15) is 28.9 Å². The van der Waals surface area contributed by atoms with Crippen molar-refractivity contribution in [3.8, 4) is 0 Å². The topological polar surface area (TPSA) is 81.5 Å². The van der Waals surface area contributed by atoms with E-state index in [2.05, 4.69) is 4.98 Å². The molecule has 0 aliphatic carbocycles. The van der Waals surface area contributed by atoms with Crippen molar-refractivity contribution < 1.29 is 17.9 Å². The number of nitrogens with zero attached hydrogens (tertiary/aromatic N) is 3. The number of carbonyl (C=O) groups is 1. The van der Waals surface area contributed by atoms with Crippen molar-refractivity contribution in [2.24, 2.45) is 0 Å². The van der Waals surface area contributed by atoms with E-state index in [1.165, 1.54) is 29.4 Å². The maximum atomic E-state index is 12.4. The van der Waals surface area contributed by atoms with Crippen LogP contribution in [0.15, 0.2) is 41.3 Å². The second-order valence-electron chi connectivity index (χ2n) is 7.01. The van der Waals surface area contributed by atoms with Crippen LogP contribution in [0.4, 0.5) is 0 Å². The minimum atomic E-state index is -3.55. The van der Waals surface area contributed by atoms with Crippen LogP contribution in [0.3, 0.4) is 0 Å². The number of fused-ring (bicyclic) bond motifs is 1. The Morgan fingerprint density at radius 2 is 2.03 bits per heavy atom. The zero-order valence-electron chi connectivity index (χ0n) is 17.5. The highest BCUT2D eigenvalue weighted by Gasteiger charge is 2.20. The second kappa shape index (κ2) is 9.11. The molecule has 2 aromatic heterocycles. The molecule has 0 atom stereocenters. The predicted octanol–water partition coefficient (Wildman–Crippen LogP) is 3.82. The van der Waals surface area contributed by atoms with Crippen LogP contribution in [0.25, 0.3) is 17.1 Å². The molecule has 0 bridgehead atoms. The van der Waals surface area contributed by atoms with Crippen molar-refractivity contribution in [2.75, 3.05) is 14.1 Å². The molecule has 1 aromatic carbocycles. The number of aryl methyl sites for hydroxylation is 2. The standard InChI is InChI=1S/C21H25N3O4S2/c1-5-12-24-19-10-9-17(30(26,27)23(3)4)13-18(19)22-20(24)14-28-21(25)11-8-16-7-6-15(2)29-16/h6-11,13H,5,12,14H2,1-4H3/b11-8+. The van der Waals surface area contributed by atoms with E-state index in [1.54, 1.807) is 35.6 Å². The number of thiophene rings is 1. The van der Waals surface area contributed by atoms with E-state index < -0.39 is 16.0 Å². The summed E-state index contributed by atoms with van der Waals surface area (Å²) in [7, 11) is -0.569. The quantitative estimate of drug-likeness (QED) is 0.387. The smallest absolute Gasteiger partial charge is 0.331 e. The van der Waals surface area contributed by atoms with Crippen molar-refractivity contribution in [1.82, 2.24) is 13.9 Å². The fraction of sp³-hybridized carbons (Fsp3) is 0.333. The number of hydrogen-bond donors (Lipinski definition) is 0. The van der Waals surface area contributed by atoms with Gasteiger partial charge in [-0.15, -0.1) is 11.3 Å². The molecular weight excluding hydrogens is 422 g/mol. The van der Waals surface area contributed by atoms with Crippen molar-refractivity contribution >= 4 is 44.4 Å². The molecule has 0 amide bonds. The summed E-state index contributed by atoms with van der Waals surface area (Å²) in [5.74, 6) is 0.131. The zero-order valence-corrected chi connectivity index (χ0v) is 19.1. The van der Waals surface area contributed by atoms with Crippen LogP contribution in [0, 0.1) is 6.92 Å². The first-order valence-corrected chi connectivity index (χ1v) is 11.8. The van der Waals surface area contributed by atoms with E-state index in [0.717, 1.165) is 16.8 Å². The third-order valence-electron chi connectivity index (χ3n) is 4.51. The molecule has 160 valence electrons. The lowest BCUT2D eigenvalue weighted by molar-refractivity contribution is -0.139. The number of imidazole rings is 1. The van der Waals surface area contributed by atoms with E-state index >= 15 is 0 Å². The van der Waals surface area contributed by atoms with E-state index in [4.69, 9.17) is 4.74 Å². The highest BCUT2D eigenvalue weighted by molar-refractivity contribution is 7.89. The molecule has 0 fully saturated rings. The number of esters is 1. The highest BCUT2D eigenvalue weighted by Crippen LogP contribution is 2.23. The van der Waals surface area contributed by atoms with E-state index in [9.17, 15) is 13.2 Å². The molecule has 0 radical (unpaired) electrons. The number of sulfonamides is 1. The Morgan fingerprint density at radius 1 is 1.27 bits per heavy atom. The van der Waals surface area contributed by atoms with Gasteiger partial charge in [0.15, 0.2) is 0 Å². The fourth-order valence-corrected chi connectivity index (χ4v) is 4.69. The van der Waals surface area contributed by atoms with Gasteiger partial charge >= 0.3 is 5.97 Å². The normalized spacial score (nSPS) is 12.3. The van der Waals surface area contributed by atoms with Gasteiger partial charge in [0.25, 0.3) is 0 Å². The molecule has 0 aliphatic rings. The van der Waals surface area contributed by atoms with Crippen LogP contribution in [0.2, 0.25) is 0 Å².